The average molecular weight is 329 g/mol. The molecule has 0 aliphatic carbocycles. The van der Waals surface area contributed by atoms with Gasteiger partial charge in [0.05, 0.1) is 6.04 Å². The third-order valence-electron chi connectivity index (χ3n) is 5.32. The number of hydrogen-bond acceptors (Lipinski definition) is 2. The van der Waals surface area contributed by atoms with Crippen LogP contribution in [0, 0.1) is 13.8 Å². The highest BCUT2D eigenvalue weighted by molar-refractivity contribution is 5.84. The molecule has 2 aliphatic heterocycles. The first-order chi connectivity index (χ1) is 11.6. The second-order valence-corrected chi connectivity index (χ2v) is 6.89. The van der Waals surface area contributed by atoms with Crippen molar-refractivity contribution >= 4 is 11.9 Å². The Morgan fingerprint density at radius 2 is 2.04 bits per heavy atom. The summed E-state index contributed by atoms with van der Waals surface area (Å²) in [6.45, 7) is 6.60. The van der Waals surface area contributed by atoms with Gasteiger partial charge < -0.3 is 15.1 Å². The number of piperidine rings is 1. The molecule has 0 spiro atoms. The van der Waals surface area contributed by atoms with Crippen molar-refractivity contribution < 1.29 is 9.59 Å². The number of aryl methyl sites for hydroxylation is 1. The van der Waals surface area contributed by atoms with Gasteiger partial charge in [0.15, 0.2) is 0 Å². The number of carbonyl (C=O) groups is 2. The molecule has 0 radical (unpaired) electrons. The Labute approximate surface area is 144 Å². The van der Waals surface area contributed by atoms with Crippen molar-refractivity contribution in [3.8, 4) is 0 Å². The Balaban J connectivity index is 1.77. The van der Waals surface area contributed by atoms with Gasteiger partial charge in [-0.3, -0.25) is 4.79 Å². The van der Waals surface area contributed by atoms with E-state index in [1.54, 1.807) is 4.90 Å². The predicted octanol–water partition coefficient (Wildman–Crippen LogP) is 2.77. The fraction of sp³-hybridized carbons (Fsp3) is 0.579. The van der Waals surface area contributed by atoms with Crippen LogP contribution in [-0.2, 0) is 4.79 Å². The van der Waals surface area contributed by atoms with Gasteiger partial charge >= 0.3 is 6.03 Å². The van der Waals surface area contributed by atoms with Crippen LogP contribution in [0.1, 0.15) is 48.4 Å². The zero-order valence-corrected chi connectivity index (χ0v) is 14.7. The maximum Gasteiger partial charge on any atom is 0.317 e. The third-order valence-corrected chi connectivity index (χ3v) is 5.32. The quantitative estimate of drug-likeness (QED) is 0.927. The highest BCUT2D eigenvalue weighted by atomic mass is 16.2. The molecule has 2 saturated heterocycles. The van der Waals surface area contributed by atoms with Crippen LogP contribution < -0.4 is 5.32 Å². The summed E-state index contributed by atoms with van der Waals surface area (Å²) in [4.78, 5) is 28.4. The molecule has 2 heterocycles. The number of nitrogens with one attached hydrogen (secondary N) is 1. The molecule has 24 heavy (non-hydrogen) atoms. The molecule has 5 heteroatoms. The summed E-state index contributed by atoms with van der Waals surface area (Å²) in [5.41, 5.74) is 3.80. The lowest BCUT2D eigenvalue weighted by Crippen LogP contribution is -2.51. The summed E-state index contributed by atoms with van der Waals surface area (Å²) in [6.07, 6.45) is 4.09. The lowest BCUT2D eigenvalue weighted by atomic mass is 9.90. The Kier molecular flexibility index (Phi) is 5.07. The molecular weight excluding hydrogens is 302 g/mol. The SMILES string of the molecule is Cc1cccc([C@@H]2CCCCN2C(=O)CN2CCCNC2=O)c1C. The maximum absolute atomic E-state index is 12.9. The summed E-state index contributed by atoms with van der Waals surface area (Å²) >= 11 is 0. The maximum atomic E-state index is 12.9. The summed E-state index contributed by atoms with van der Waals surface area (Å²) < 4.78 is 0. The molecule has 5 nitrogen and oxygen atoms in total. The van der Waals surface area contributed by atoms with E-state index in [-0.39, 0.29) is 24.5 Å². The minimum atomic E-state index is -0.116. The third kappa shape index (κ3) is 3.40. The largest absolute Gasteiger partial charge is 0.338 e. The molecule has 1 atom stereocenters. The molecule has 1 aromatic rings. The molecule has 2 fully saturated rings. The molecule has 1 aromatic carbocycles. The van der Waals surface area contributed by atoms with Crippen LogP contribution in [0.3, 0.4) is 0 Å². The summed E-state index contributed by atoms with van der Waals surface area (Å²) in [6, 6.07) is 6.36. The lowest BCUT2D eigenvalue weighted by Gasteiger charge is -2.38. The van der Waals surface area contributed by atoms with E-state index in [9.17, 15) is 9.59 Å². The summed E-state index contributed by atoms with van der Waals surface area (Å²) in [7, 11) is 0. The number of rotatable bonds is 3. The van der Waals surface area contributed by atoms with E-state index in [0.717, 1.165) is 32.2 Å². The van der Waals surface area contributed by atoms with Crippen LogP contribution in [0.15, 0.2) is 18.2 Å². The Hall–Kier alpha value is -2.04. The Morgan fingerprint density at radius 3 is 2.83 bits per heavy atom. The topological polar surface area (TPSA) is 52.7 Å². The highest BCUT2D eigenvalue weighted by Crippen LogP contribution is 2.33. The fourth-order valence-corrected chi connectivity index (χ4v) is 3.77. The first kappa shape index (κ1) is 16.8. The van der Waals surface area contributed by atoms with E-state index in [2.05, 4.69) is 37.4 Å². The van der Waals surface area contributed by atoms with E-state index in [1.165, 1.54) is 16.7 Å². The van der Waals surface area contributed by atoms with Gasteiger partial charge in [-0.25, -0.2) is 4.79 Å². The van der Waals surface area contributed by atoms with E-state index >= 15 is 0 Å². The molecule has 3 rings (SSSR count). The van der Waals surface area contributed by atoms with E-state index in [1.807, 2.05) is 4.90 Å². The van der Waals surface area contributed by atoms with Gasteiger partial charge in [-0.1, -0.05) is 18.2 Å². The minimum Gasteiger partial charge on any atom is -0.338 e. The summed E-state index contributed by atoms with van der Waals surface area (Å²) in [5, 5.41) is 2.82. The molecule has 0 aromatic heterocycles. The lowest BCUT2D eigenvalue weighted by molar-refractivity contribution is -0.135. The highest BCUT2D eigenvalue weighted by Gasteiger charge is 2.31. The molecule has 0 unspecified atom stereocenters. The zero-order chi connectivity index (χ0) is 17.1. The van der Waals surface area contributed by atoms with Crippen LogP contribution in [0.4, 0.5) is 4.79 Å². The van der Waals surface area contributed by atoms with E-state index < -0.39 is 0 Å². The van der Waals surface area contributed by atoms with Gasteiger partial charge in [-0.15, -0.1) is 0 Å². The number of carbonyl (C=O) groups excluding carboxylic acids is 2. The monoisotopic (exact) mass is 329 g/mol. The van der Waals surface area contributed by atoms with Crippen molar-refractivity contribution in [3.63, 3.8) is 0 Å². The molecule has 0 bridgehead atoms. The van der Waals surface area contributed by atoms with Crippen molar-refractivity contribution in [2.75, 3.05) is 26.2 Å². The van der Waals surface area contributed by atoms with Gasteiger partial charge in [0.2, 0.25) is 5.91 Å². The van der Waals surface area contributed by atoms with Crippen molar-refractivity contribution in [2.45, 2.75) is 45.6 Å². The smallest absolute Gasteiger partial charge is 0.317 e. The second kappa shape index (κ2) is 7.24. The van der Waals surface area contributed by atoms with Gasteiger partial charge in [0.1, 0.15) is 6.54 Å². The number of likely N-dealkylation sites (tertiary alicyclic amines) is 1. The van der Waals surface area contributed by atoms with Crippen LogP contribution in [0.25, 0.3) is 0 Å². The second-order valence-electron chi connectivity index (χ2n) is 6.89. The molecule has 2 aliphatic rings. The Morgan fingerprint density at radius 1 is 1.21 bits per heavy atom. The average Bonchev–Trinajstić information content (AvgIpc) is 2.59. The van der Waals surface area contributed by atoms with E-state index in [0.29, 0.717) is 13.1 Å². The number of hydrogen-bond donors (Lipinski definition) is 1. The van der Waals surface area contributed by atoms with Crippen LogP contribution >= 0.6 is 0 Å². The van der Waals surface area contributed by atoms with Crippen molar-refractivity contribution in [2.24, 2.45) is 0 Å². The Bertz CT molecular complexity index is 629. The van der Waals surface area contributed by atoms with Crippen molar-refractivity contribution in [3.05, 3.63) is 34.9 Å². The number of amides is 3. The standard InChI is InChI=1S/C19H27N3O2/c1-14-7-5-8-16(15(14)2)17-9-3-4-12-22(17)18(23)13-21-11-6-10-20-19(21)24/h5,7-8,17H,3-4,6,9-13H2,1-2H3,(H,20,24)/t17-/m0/s1. The summed E-state index contributed by atoms with van der Waals surface area (Å²) in [5.74, 6) is 0.0673. The predicted molar refractivity (Wildman–Crippen MR) is 93.8 cm³/mol. The van der Waals surface area contributed by atoms with Crippen LogP contribution in [-0.4, -0.2) is 47.9 Å². The number of nitrogens with zero attached hydrogens (tertiary/aromatic N) is 2. The molecule has 3 amide bonds. The van der Waals surface area contributed by atoms with E-state index in [4.69, 9.17) is 0 Å². The fourth-order valence-electron chi connectivity index (χ4n) is 3.77. The molecule has 1 N–H and O–H groups in total. The molecule has 0 saturated carbocycles. The number of urea groups is 1. The first-order valence-corrected chi connectivity index (χ1v) is 8.96. The van der Waals surface area contributed by atoms with Gasteiger partial charge in [0, 0.05) is 19.6 Å². The van der Waals surface area contributed by atoms with Gasteiger partial charge in [0.25, 0.3) is 0 Å². The number of benzene rings is 1. The van der Waals surface area contributed by atoms with Crippen LogP contribution in [0.2, 0.25) is 0 Å². The van der Waals surface area contributed by atoms with Crippen LogP contribution in [0.5, 0.6) is 0 Å². The van der Waals surface area contributed by atoms with Gasteiger partial charge in [-0.2, -0.15) is 0 Å². The first-order valence-electron chi connectivity index (χ1n) is 8.96. The normalized spacial score (nSPS) is 21.6. The molecule has 130 valence electrons. The van der Waals surface area contributed by atoms with Crippen molar-refractivity contribution in [1.29, 1.82) is 0 Å². The van der Waals surface area contributed by atoms with Gasteiger partial charge in [-0.05, 0) is 56.2 Å². The minimum absolute atomic E-state index is 0.0673. The zero-order valence-electron chi connectivity index (χ0n) is 14.7. The molecular formula is C19H27N3O2. The van der Waals surface area contributed by atoms with Crippen molar-refractivity contribution in [1.82, 2.24) is 15.1 Å².